The van der Waals surface area contributed by atoms with Crippen molar-refractivity contribution in [2.45, 2.75) is 25.9 Å². The molecule has 29 heavy (non-hydrogen) atoms. The highest BCUT2D eigenvalue weighted by molar-refractivity contribution is 5.88. The molecule has 2 aromatic carbocycles. The number of aryl methyl sites for hydroxylation is 1. The van der Waals surface area contributed by atoms with Gasteiger partial charge in [0, 0.05) is 18.5 Å². The van der Waals surface area contributed by atoms with Crippen molar-refractivity contribution in [3.8, 4) is 11.3 Å². The third-order valence-electron chi connectivity index (χ3n) is 4.77. The van der Waals surface area contributed by atoms with Crippen molar-refractivity contribution in [2.75, 3.05) is 0 Å². The molecule has 1 atom stereocenters. The number of hydrogen-bond acceptors (Lipinski definition) is 5. The Balaban J connectivity index is 1.51. The van der Waals surface area contributed by atoms with Gasteiger partial charge >= 0.3 is 0 Å². The molecule has 0 unspecified atom stereocenters. The highest BCUT2D eigenvalue weighted by atomic mass is 16.5. The second kappa shape index (κ2) is 8.10. The van der Waals surface area contributed by atoms with Gasteiger partial charge < -0.3 is 9.84 Å². The molecule has 146 valence electrons. The minimum Gasteiger partial charge on any atom is -0.350 e. The van der Waals surface area contributed by atoms with E-state index in [1.165, 1.54) is 10.9 Å². The molecule has 0 saturated carbocycles. The lowest BCUT2D eigenvalue weighted by molar-refractivity contribution is -0.121. The van der Waals surface area contributed by atoms with Crippen molar-refractivity contribution in [3.63, 3.8) is 0 Å². The molecule has 0 saturated heterocycles. The number of carbonyl (C=O) groups is 1. The molecule has 0 aliphatic carbocycles. The summed E-state index contributed by atoms with van der Waals surface area (Å²) in [5, 5.41) is 7.27. The van der Waals surface area contributed by atoms with E-state index in [1.807, 2.05) is 67.6 Å². The Morgan fingerprint density at radius 3 is 2.52 bits per heavy atom. The SMILES string of the molecule is C[C@@H](NC(=O)CCn1cnc2onc(-c3ccccc3)c2c1=O)c1ccccc1. The van der Waals surface area contributed by atoms with E-state index in [4.69, 9.17) is 4.52 Å². The van der Waals surface area contributed by atoms with Crippen LogP contribution in [0.5, 0.6) is 0 Å². The van der Waals surface area contributed by atoms with E-state index in [9.17, 15) is 9.59 Å². The molecule has 0 bridgehead atoms. The summed E-state index contributed by atoms with van der Waals surface area (Å²) < 4.78 is 6.63. The van der Waals surface area contributed by atoms with Crippen LogP contribution in [0.25, 0.3) is 22.4 Å². The third-order valence-corrected chi connectivity index (χ3v) is 4.77. The first kappa shape index (κ1) is 18.6. The Kier molecular flexibility index (Phi) is 5.20. The van der Waals surface area contributed by atoms with Crippen LogP contribution in [0.3, 0.4) is 0 Å². The number of benzene rings is 2. The lowest BCUT2D eigenvalue weighted by Crippen LogP contribution is -2.29. The Morgan fingerprint density at radius 1 is 1.10 bits per heavy atom. The lowest BCUT2D eigenvalue weighted by Gasteiger charge is -2.14. The van der Waals surface area contributed by atoms with Crippen LogP contribution in [0.1, 0.15) is 24.9 Å². The smallest absolute Gasteiger partial charge is 0.266 e. The zero-order valence-corrected chi connectivity index (χ0v) is 15.9. The number of aromatic nitrogens is 3. The Bertz CT molecular complexity index is 1180. The third kappa shape index (κ3) is 3.94. The molecule has 0 radical (unpaired) electrons. The molecule has 2 heterocycles. The summed E-state index contributed by atoms with van der Waals surface area (Å²) in [6, 6.07) is 18.9. The van der Waals surface area contributed by atoms with Crippen LogP contribution in [-0.2, 0) is 11.3 Å². The first-order valence-electron chi connectivity index (χ1n) is 9.38. The maximum absolute atomic E-state index is 12.9. The van der Waals surface area contributed by atoms with E-state index in [1.54, 1.807) is 0 Å². The van der Waals surface area contributed by atoms with Gasteiger partial charge in [-0.25, -0.2) is 4.98 Å². The molecule has 7 heteroatoms. The summed E-state index contributed by atoms with van der Waals surface area (Å²) in [6.45, 7) is 2.14. The second-order valence-electron chi connectivity index (χ2n) is 6.77. The summed E-state index contributed by atoms with van der Waals surface area (Å²) in [6.07, 6.45) is 1.55. The quantitative estimate of drug-likeness (QED) is 0.547. The van der Waals surface area contributed by atoms with Gasteiger partial charge in [0.1, 0.15) is 17.4 Å². The van der Waals surface area contributed by atoms with Crippen molar-refractivity contribution in [1.82, 2.24) is 20.0 Å². The maximum atomic E-state index is 12.9. The largest absolute Gasteiger partial charge is 0.350 e. The lowest BCUT2D eigenvalue weighted by atomic mass is 10.1. The summed E-state index contributed by atoms with van der Waals surface area (Å²) in [5.74, 6) is -0.137. The van der Waals surface area contributed by atoms with Crippen molar-refractivity contribution in [2.24, 2.45) is 0 Å². The van der Waals surface area contributed by atoms with Gasteiger partial charge in [-0.3, -0.25) is 14.2 Å². The standard InChI is InChI=1S/C22H20N4O3/c1-15(16-8-4-2-5-9-16)24-18(27)12-13-26-14-23-21-19(22(26)28)20(25-29-21)17-10-6-3-7-11-17/h2-11,14-15H,12-13H2,1H3,(H,24,27)/t15-/m1/s1. The number of nitrogens with one attached hydrogen (secondary N) is 1. The molecule has 1 amide bonds. The van der Waals surface area contributed by atoms with Gasteiger partial charge in [0.05, 0.1) is 6.04 Å². The van der Waals surface area contributed by atoms with Crippen molar-refractivity contribution in [1.29, 1.82) is 0 Å². The summed E-state index contributed by atoms with van der Waals surface area (Å²) in [4.78, 5) is 29.4. The molecular formula is C22H20N4O3. The van der Waals surface area contributed by atoms with Gasteiger partial charge in [-0.1, -0.05) is 65.8 Å². The zero-order chi connectivity index (χ0) is 20.2. The Hall–Kier alpha value is -3.74. The Morgan fingerprint density at radius 2 is 1.79 bits per heavy atom. The van der Waals surface area contributed by atoms with Crippen LogP contribution < -0.4 is 10.9 Å². The molecule has 4 aromatic rings. The molecular weight excluding hydrogens is 368 g/mol. The fraction of sp³-hybridized carbons (Fsp3) is 0.182. The monoisotopic (exact) mass is 388 g/mol. The normalized spacial score (nSPS) is 12.0. The van der Waals surface area contributed by atoms with Crippen molar-refractivity contribution < 1.29 is 9.32 Å². The molecule has 0 aliphatic heterocycles. The van der Waals surface area contributed by atoms with Gasteiger partial charge in [0.2, 0.25) is 5.91 Å². The van der Waals surface area contributed by atoms with E-state index < -0.39 is 0 Å². The van der Waals surface area contributed by atoms with Crippen molar-refractivity contribution >= 4 is 17.0 Å². The van der Waals surface area contributed by atoms with Crippen LogP contribution in [0, 0.1) is 0 Å². The first-order chi connectivity index (χ1) is 14.1. The zero-order valence-electron chi connectivity index (χ0n) is 15.9. The van der Waals surface area contributed by atoms with E-state index in [0.29, 0.717) is 11.1 Å². The predicted octanol–water partition coefficient (Wildman–Crippen LogP) is 3.32. The molecule has 2 aromatic heterocycles. The first-order valence-corrected chi connectivity index (χ1v) is 9.38. The molecule has 4 rings (SSSR count). The van der Waals surface area contributed by atoms with E-state index >= 15 is 0 Å². The number of rotatable bonds is 6. The molecule has 0 aliphatic rings. The molecule has 1 N–H and O–H groups in total. The average molecular weight is 388 g/mol. The predicted molar refractivity (Wildman–Crippen MR) is 109 cm³/mol. The number of hydrogen-bond donors (Lipinski definition) is 1. The second-order valence-corrected chi connectivity index (χ2v) is 6.77. The molecule has 0 fully saturated rings. The minimum atomic E-state index is -0.279. The van der Waals surface area contributed by atoms with Gasteiger partial charge in [0.25, 0.3) is 11.3 Å². The van der Waals surface area contributed by atoms with E-state index in [2.05, 4.69) is 15.5 Å². The maximum Gasteiger partial charge on any atom is 0.266 e. The van der Waals surface area contributed by atoms with Gasteiger partial charge in [-0.05, 0) is 12.5 Å². The van der Waals surface area contributed by atoms with Crippen LogP contribution in [-0.4, -0.2) is 20.6 Å². The van der Waals surface area contributed by atoms with Crippen LogP contribution in [0.2, 0.25) is 0 Å². The van der Waals surface area contributed by atoms with Gasteiger partial charge in [0.15, 0.2) is 0 Å². The van der Waals surface area contributed by atoms with Crippen LogP contribution in [0.15, 0.2) is 76.3 Å². The van der Waals surface area contributed by atoms with E-state index in [-0.39, 0.29) is 36.2 Å². The Labute approximate surface area is 167 Å². The van der Waals surface area contributed by atoms with Crippen LogP contribution >= 0.6 is 0 Å². The van der Waals surface area contributed by atoms with Gasteiger partial charge in [-0.2, -0.15) is 0 Å². The number of amides is 1. The summed E-state index contributed by atoms with van der Waals surface area (Å²) >= 11 is 0. The molecule has 0 spiro atoms. The van der Waals surface area contributed by atoms with Crippen LogP contribution in [0.4, 0.5) is 0 Å². The topological polar surface area (TPSA) is 90.0 Å². The number of nitrogens with zero attached hydrogens (tertiary/aromatic N) is 3. The summed E-state index contributed by atoms with van der Waals surface area (Å²) in [5.41, 5.74) is 2.16. The average Bonchev–Trinajstić information content (AvgIpc) is 3.19. The molecule has 7 nitrogen and oxygen atoms in total. The van der Waals surface area contributed by atoms with E-state index in [0.717, 1.165) is 11.1 Å². The number of fused-ring (bicyclic) bond motifs is 1. The summed E-state index contributed by atoms with van der Waals surface area (Å²) in [7, 11) is 0. The number of carbonyl (C=O) groups excluding carboxylic acids is 1. The highest BCUT2D eigenvalue weighted by Gasteiger charge is 2.17. The fourth-order valence-corrected chi connectivity index (χ4v) is 3.19. The van der Waals surface area contributed by atoms with Crippen molar-refractivity contribution in [3.05, 3.63) is 82.9 Å². The minimum absolute atomic E-state index is 0.108. The highest BCUT2D eigenvalue weighted by Crippen LogP contribution is 2.23. The van der Waals surface area contributed by atoms with Gasteiger partial charge in [-0.15, -0.1) is 0 Å². The fourth-order valence-electron chi connectivity index (χ4n) is 3.19.